The van der Waals surface area contributed by atoms with Crippen LogP contribution in [-0.4, -0.2) is 35.2 Å². The number of amides is 1. The minimum atomic E-state index is -0.409. The monoisotopic (exact) mass is 198 g/mol. The number of nitrogens with zero attached hydrogens (tertiary/aromatic N) is 1. The fourth-order valence-corrected chi connectivity index (χ4v) is 2.19. The Hall–Kier alpha value is -0.770. The van der Waals surface area contributed by atoms with Crippen molar-refractivity contribution in [2.45, 2.75) is 44.9 Å². The van der Waals surface area contributed by atoms with Gasteiger partial charge in [-0.3, -0.25) is 0 Å². The fraction of sp³-hybridized carbons (Fsp3) is 0.900. The molecule has 0 aromatic heterocycles. The smallest absolute Gasteiger partial charge is 0.410 e. The molecule has 0 radical (unpaired) electrons. The molecule has 2 heterocycles. The van der Waals surface area contributed by atoms with Crippen LogP contribution in [0.15, 0.2) is 0 Å². The number of hydrogen-bond acceptors (Lipinski definition) is 3. The summed E-state index contributed by atoms with van der Waals surface area (Å²) in [7, 11) is 0. The van der Waals surface area contributed by atoms with Gasteiger partial charge in [-0.2, -0.15) is 0 Å². The number of carbonyl (C=O) groups is 1. The Morgan fingerprint density at radius 3 is 2.50 bits per heavy atom. The van der Waals surface area contributed by atoms with Crippen LogP contribution in [-0.2, 0) is 4.74 Å². The zero-order valence-corrected chi connectivity index (χ0v) is 8.99. The molecule has 3 atom stereocenters. The van der Waals surface area contributed by atoms with Crippen LogP contribution in [0.2, 0.25) is 0 Å². The molecule has 0 aromatic carbocycles. The first kappa shape index (κ1) is 9.77. The van der Waals surface area contributed by atoms with Crippen LogP contribution in [0.3, 0.4) is 0 Å². The van der Waals surface area contributed by atoms with Crippen molar-refractivity contribution >= 4 is 6.09 Å². The van der Waals surface area contributed by atoms with Crippen molar-refractivity contribution in [2.75, 3.05) is 6.54 Å². The standard InChI is InChI=1S/C10H18N2O2/c1-10(2,3)14-9(13)12-5-6-4-7(12)8(6)11/h6-8H,4-5,11H2,1-3H3/t6-,7+,8-/m1/s1. The second-order valence-electron chi connectivity index (χ2n) is 5.27. The van der Waals surface area contributed by atoms with Crippen molar-refractivity contribution < 1.29 is 9.53 Å². The first-order chi connectivity index (χ1) is 6.38. The molecule has 3 rings (SSSR count). The van der Waals surface area contributed by atoms with Gasteiger partial charge in [0.15, 0.2) is 0 Å². The van der Waals surface area contributed by atoms with E-state index in [0.717, 1.165) is 13.0 Å². The minimum Gasteiger partial charge on any atom is -0.444 e. The minimum absolute atomic E-state index is 0.183. The number of nitrogens with two attached hydrogens (primary N) is 1. The molecule has 3 aliphatic rings. The third kappa shape index (κ3) is 1.47. The topological polar surface area (TPSA) is 55.6 Å². The Kier molecular flexibility index (Phi) is 2.00. The second-order valence-corrected chi connectivity index (χ2v) is 5.27. The highest BCUT2D eigenvalue weighted by Gasteiger charge is 2.52. The molecule has 2 bridgehead atoms. The molecular weight excluding hydrogens is 180 g/mol. The van der Waals surface area contributed by atoms with Gasteiger partial charge in [0.2, 0.25) is 0 Å². The van der Waals surface area contributed by atoms with Crippen molar-refractivity contribution in [3.63, 3.8) is 0 Å². The van der Waals surface area contributed by atoms with Gasteiger partial charge in [-0.05, 0) is 33.1 Å². The summed E-state index contributed by atoms with van der Waals surface area (Å²) >= 11 is 0. The third-order valence-corrected chi connectivity index (χ3v) is 2.99. The third-order valence-electron chi connectivity index (χ3n) is 2.99. The summed E-state index contributed by atoms with van der Waals surface area (Å²) in [6, 6.07) is 0.414. The maximum absolute atomic E-state index is 11.7. The van der Waals surface area contributed by atoms with E-state index in [4.69, 9.17) is 10.5 Å². The van der Waals surface area contributed by atoms with E-state index in [2.05, 4.69) is 0 Å². The summed E-state index contributed by atoms with van der Waals surface area (Å²) in [5.41, 5.74) is 5.46. The lowest BCUT2D eigenvalue weighted by molar-refractivity contribution is 0.0234. The Morgan fingerprint density at radius 2 is 2.14 bits per heavy atom. The highest BCUT2D eigenvalue weighted by Crippen LogP contribution is 2.40. The fourth-order valence-electron chi connectivity index (χ4n) is 2.19. The summed E-state index contributed by atoms with van der Waals surface area (Å²) in [5.74, 6) is 0.507. The predicted molar refractivity (Wildman–Crippen MR) is 52.8 cm³/mol. The Morgan fingerprint density at radius 1 is 1.50 bits per heavy atom. The molecule has 2 aliphatic heterocycles. The van der Waals surface area contributed by atoms with Gasteiger partial charge in [0.1, 0.15) is 5.60 Å². The second kappa shape index (κ2) is 2.86. The number of fused-ring (bicyclic) bond motifs is 1. The van der Waals surface area contributed by atoms with Crippen LogP contribution >= 0.6 is 0 Å². The van der Waals surface area contributed by atoms with Gasteiger partial charge in [0, 0.05) is 12.6 Å². The summed E-state index contributed by atoms with van der Waals surface area (Å²) in [4.78, 5) is 13.5. The van der Waals surface area contributed by atoms with Gasteiger partial charge in [0.25, 0.3) is 0 Å². The maximum Gasteiger partial charge on any atom is 0.410 e. The molecule has 0 unspecified atom stereocenters. The molecule has 2 N–H and O–H groups in total. The van der Waals surface area contributed by atoms with Crippen molar-refractivity contribution in [1.82, 2.24) is 4.90 Å². The first-order valence-electron chi connectivity index (χ1n) is 5.14. The lowest BCUT2D eigenvalue weighted by atomic mass is 9.81. The molecular formula is C10H18N2O2. The Bertz CT molecular complexity index is 259. The van der Waals surface area contributed by atoms with Gasteiger partial charge in [0.05, 0.1) is 6.04 Å². The van der Waals surface area contributed by atoms with E-state index < -0.39 is 5.60 Å². The molecule has 3 fully saturated rings. The molecule has 4 nitrogen and oxygen atoms in total. The number of hydrogen-bond donors (Lipinski definition) is 1. The summed E-state index contributed by atoms with van der Waals surface area (Å²) in [6.07, 6.45) is 0.846. The predicted octanol–water partition coefficient (Wildman–Crippen LogP) is 0.953. The summed E-state index contributed by atoms with van der Waals surface area (Å²) in [6.45, 7) is 6.42. The quantitative estimate of drug-likeness (QED) is 0.630. The van der Waals surface area contributed by atoms with E-state index in [-0.39, 0.29) is 18.2 Å². The lowest BCUT2D eigenvalue weighted by Gasteiger charge is -2.33. The maximum atomic E-state index is 11.7. The number of ether oxygens (including phenoxy) is 1. The Balaban J connectivity index is 1.94. The Labute approximate surface area is 84.4 Å². The van der Waals surface area contributed by atoms with Crippen LogP contribution in [0, 0.1) is 5.92 Å². The molecule has 0 aromatic rings. The highest BCUT2D eigenvalue weighted by atomic mass is 16.6. The molecule has 1 amide bonds. The SMILES string of the molecule is CC(C)(C)OC(=O)N1C[C@H]2C[C@H]1[C@@H]2N. The lowest BCUT2D eigenvalue weighted by Crippen LogP contribution is -2.51. The molecule has 2 saturated heterocycles. The molecule has 1 saturated carbocycles. The van der Waals surface area contributed by atoms with Crippen LogP contribution in [0.1, 0.15) is 27.2 Å². The first-order valence-corrected chi connectivity index (χ1v) is 5.14. The molecule has 80 valence electrons. The van der Waals surface area contributed by atoms with Crippen molar-refractivity contribution in [3.05, 3.63) is 0 Å². The van der Waals surface area contributed by atoms with Crippen LogP contribution in [0.4, 0.5) is 4.79 Å². The van der Waals surface area contributed by atoms with Gasteiger partial charge < -0.3 is 15.4 Å². The highest BCUT2D eigenvalue weighted by molar-refractivity contribution is 5.70. The van der Waals surface area contributed by atoms with E-state index in [1.165, 1.54) is 0 Å². The molecule has 14 heavy (non-hydrogen) atoms. The van der Waals surface area contributed by atoms with E-state index in [9.17, 15) is 4.79 Å². The van der Waals surface area contributed by atoms with Crippen LogP contribution in [0.5, 0.6) is 0 Å². The average molecular weight is 198 g/mol. The van der Waals surface area contributed by atoms with Gasteiger partial charge in [-0.25, -0.2) is 4.79 Å². The molecule has 1 aliphatic carbocycles. The molecule has 0 spiro atoms. The van der Waals surface area contributed by atoms with Gasteiger partial charge >= 0.3 is 6.09 Å². The van der Waals surface area contributed by atoms with Gasteiger partial charge in [-0.1, -0.05) is 0 Å². The summed E-state index contributed by atoms with van der Waals surface area (Å²) in [5, 5.41) is 0. The van der Waals surface area contributed by atoms with Crippen molar-refractivity contribution in [3.8, 4) is 0 Å². The van der Waals surface area contributed by atoms with Gasteiger partial charge in [-0.15, -0.1) is 0 Å². The van der Waals surface area contributed by atoms with Crippen molar-refractivity contribution in [1.29, 1.82) is 0 Å². The number of carbonyl (C=O) groups excluding carboxylic acids is 1. The summed E-state index contributed by atoms with van der Waals surface area (Å²) < 4.78 is 5.30. The van der Waals surface area contributed by atoms with Crippen molar-refractivity contribution in [2.24, 2.45) is 11.7 Å². The zero-order valence-electron chi connectivity index (χ0n) is 8.99. The van der Waals surface area contributed by atoms with E-state index >= 15 is 0 Å². The molecule has 4 heteroatoms. The normalized spacial score (nSPS) is 35.4. The van der Waals surface area contributed by atoms with E-state index in [1.807, 2.05) is 20.8 Å². The van der Waals surface area contributed by atoms with Crippen LogP contribution in [0.25, 0.3) is 0 Å². The van der Waals surface area contributed by atoms with Crippen LogP contribution < -0.4 is 5.73 Å². The average Bonchev–Trinajstić information content (AvgIpc) is 2.55. The van der Waals surface area contributed by atoms with E-state index in [0.29, 0.717) is 5.92 Å². The largest absolute Gasteiger partial charge is 0.444 e. The van der Waals surface area contributed by atoms with E-state index in [1.54, 1.807) is 4.90 Å². The zero-order chi connectivity index (χ0) is 10.5. The number of rotatable bonds is 0.